The minimum Gasteiger partial charge on any atom is -0.493 e. The second kappa shape index (κ2) is 8.50. The molecule has 1 heterocycles. The summed E-state index contributed by atoms with van der Waals surface area (Å²) < 4.78 is 36.7. The van der Waals surface area contributed by atoms with Gasteiger partial charge < -0.3 is 14.6 Å². The lowest BCUT2D eigenvalue weighted by molar-refractivity contribution is -0.143. The van der Waals surface area contributed by atoms with E-state index in [9.17, 15) is 23.1 Å². The number of carbonyl (C=O) groups is 2. The maximum Gasteiger partial charge on any atom is 0.308 e. The molecule has 1 fully saturated rings. The zero-order valence-electron chi connectivity index (χ0n) is 14.8. The molecule has 2 unspecified atom stereocenters. The number of hydrogen-bond donors (Lipinski definition) is 1. The molecule has 0 spiro atoms. The quantitative estimate of drug-likeness (QED) is 0.706. The molecule has 1 aliphatic rings. The Morgan fingerprint density at radius 3 is 2.46 bits per heavy atom. The van der Waals surface area contributed by atoms with Gasteiger partial charge in [0.2, 0.25) is 10.0 Å². The maximum absolute atomic E-state index is 12.8. The van der Waals surface area contributed by atoms with Gasteiger partial charge >= 0.3 is 11.9 Å². The van der Waals surface area contributed by atoms with Gasteiger partial charge in [-0.2, -0.15) is 4.31 Å². The number of carboxylic acids is 1. The molecule has 1 N–H and O–H groups in total. The predicted molar refractivity (Wildman–Crippen MR) is 92.2 cm³/mol. The average molecular weight is 385 g/mol. The summed E-state index contributed by atoms with van der Waals surface area (Å²) in [4.78, 5) is 22.4. The molecular formula is C17H23NO7S. The third-order valence-electron chi connectivity index (χ3n) is 4.24. The van der Waals surface area contributed by atoms with Crippen LogP contribution in [0.2, 0.25) is 0 Å². The first-order chi connectivity index (χ1) is 12.2. The zero-order valence-corrected chi connectivity index (χ0v) is 15.6. The number of methoxy groups -OCH3 is 1. The Morgan fingerprint density at radius 2 is 1.88 bits per heavy atom. The number of rotatable bonds is 7. The number of ether oxygens (including phenoxy) is 2. The van der Waals surface area contributed by atoms with Crippen LogP contribution in [-0.4, -0.2) is 56.6 Å². The highest BCUT2D eigenvalue weighted by molar-refractivity contribution is 7.89. The number of nitrogens with zero attached hydrogens (tertiary/aromatic N) is 1. The summed E-state index contributed by atoms with van der Waals surface area (Å²) >= 11 is 0. The first kappa shape index (κ1) is 20.2. The summed E-state index contributed by atoms with van der Waals surface area (Å²) in [7, 11) is -2.49. The fourth-order valence-electron chi connectivity index (χ4n) is 2.89. The molecule has 1 aliphatic heterocycles. The highest BCUT2D eigenvalue weighted by Gasteiger charge is 2.36. The van der Waals surface area contributed by atoms with Gasteiger partial charge in [0.05, 0.1) is 31.0 Å². The van der Waals surface area contributed by atoms with E-state index in [1.54, 1.807) is 0 Å². The monoisotopic (exact) mass is 385 g/mol. The molecule has 2 atom stereocenters. The lowest BCUT2D eigenvalue weighted by Crippen LogP contribution is -2.45. The van der Waals surface area contributed by atoms with Crippen molar-refractivity contribution in [3.8, 4) is 5.75 Å². The van der Waals surface area contributed by atoms with E-state index in [2.05, 4.69) is 4.74 Å². The van der Waals surface area contributed by atoms with E-state index < -0.39 is 27.9 Å². The summed E-state index contributed by atoms with van der Waals surface area (Å²) in [5.41, 5.74) is 0. The zero-order chi connectivity index (χ0) is 19.3. The van der Waals surface area contributed by atoms with Gasteiger partial charge in [0.15, 0.2) is 0 Å². The van der Waals surface area contributed by atoms with Crippen molar-refractivity contribution in [1.82, 2.24) is 4.31 Å². The fourth-order valence-corrected chi connectivity index (χ4v) is 4.49. The molecule has 0 bridgehead atoms. The SMILES string of the molecule is COC(=O)CCOc1ccc(S(=O)(=O)N2CC(C)CC(C(=O)O)C2)cc1. The Bertz CT molecular complexity index is 745. The standard InChI is InChI=1S/C17H23NO7S/c1-12-9-13(17(20)21)11-18(10-12)26(22,23)15-5-3-14(4-6-15)25-8-7-16(19)24-2/h3-6,12-13H,7-11H2,1-2H3,(H,20,21). The molecule has 0 amide bonds. The average Bonchev–Trinajstić information content (AvgIpc) is 2.61. The van der Waals surface area contributed by atoms with Crippen LogP contribution < -0.4 is 4.74 Å². The van der Waals surface area contributed by atoms with Crippen molar-refractivity contribution in [3.63, 3.8) is 0 Å². The predicted octanol–water partition coefficient (Wildman–Crippen LogP) is 1.36. The second-order valence-corrected chi connectivity index (χ2v) is 8.28. The van der Waals surface area contributed by atoms with E-state index in [4.69, 9.17) is 4.74 Å². The van der Waals surface area contributed by atoms with Crippen LogP contribution in [0.5, 0.6) is 5.75 Å². The summed E-state index contributed by atoms with van der Waals surface area (Å²) in [6, 6.07) is 5.84. The molecule has 26 heavy (non-hydrogen) atoms. The molecule has 9 heteroatoms. The topological polar surface area (TPSA) is 110 Å². The molecule has 0 aliphatic carbocycles. The van der Waals surface area contributed by atoms with E-state index in [0.717, 1.165) is 0 Å². The third-order valence-corrected chi connectivity index (χ3v) is 6.09. The Kier molecular flexibility index (Phi) is 6.60. The number of sulfonamides is 1. The fraction of sp³-hybridized carbons (Fsp3) is 0.529. The van der Waals surface area contributed by atoms with Gasteiger partial charge in [0.25, 0.3) is 0 Å². The van der Waals surface area contributed by atoms with Crippen LogP contribution in [0.1, 0.15) is 19.8 Å². The van der Waals surface area contributed by atoms with Gasteiger partial charge in [-0.25, -0.2) is 8.42 Å². The molecule has 144 valence electrons. The Balaban J connectivity index is 2.06. The summed E-state index contributed by atoms with van der Waals surface area (Å²) in [6.45, 7) is 2.24. The summed E-state index contributed by atoms with van der Waals surface area (Å²) in [5, 5.41) is 9.21. The van der Waals surface area contributed by atoms with Crippen LogP contribution in [0.25, 0.3) is 0 Å². The van der Waals surface area contributed by atoms with Crippen molar-refractivity contribution in [3.05, 3.63) is 24.3 Å². The van der Waals surface area contributed by atoms with Crippen LogP contribution in [-0.2, 0) is 24.3 Å². The molecule has 0 aromatic heterocycles. The van der Waals surface area contributed by atoms with E-state index in [1.165, 1.54) is 35.7 Å². The highest BCUT2D eigenvalue weighted by atomic mass is 32.2. The van der Waals surface area contributed by atoms with Gasteiger partial charge in [0.1, 0.15) is 5.75 Å². The van der Waals surface area contributed by atoms with Crippen molar-refractivity contribution in [2.45, 2.75) is 24.7 Å². The van der Waals surface area contributed by atoms with Crippen LogP contribution in [0, 0.1) is 11.8 Å². The largest absolute Gasteiger partial charge is 0.493 e. The number of carbonyl (C=O) groups excluding carboxylic acids is 1. The van der Waals surface area contributed by atoms with E-state index in [0.29, 0.717) is 18.7 Å². The number of hydrogen-bond acceptors (Lipinski definition) is 6. The first-order valence-corrected chi connectivity index (χ1v) is 9.70. The number of esters is 1. The number of piperidine rings is 1. The maximum atomic E-state index is 12.8. The number of aliphatic carboxylic acids is 1. The van der Waals surface area contributed by atoms with Gasteiger partial charge in [-0.3, -0.25) is 9.59 Å². The normalized spacial score (nSPS) is 21.2. The molecule has 1 saturated heterocycles. The van der Waals surface area contributed by atoms with E-state index >= 15 is 0 Å². The minimum absolute atomic E-state index is 0.0273. The molecule has 1 aromatic carbocycles. The van der Waals surface area contributed by atoms with Gasteiger partial charge in [-0.1, -0.05) is 6.92 Å². The Morgan fingerprint density at radius 1 is 1.23 bits per heavy atom. The first-order valence-electron chi connectivity index (χ1n) is 8.26. The van der Waals surface area contributed by atoms with Crippen molar-refractivity contribution < 1.29 is 32.6 Å². The highest BCUT2D eigenvalue weighted by Crippen LogP contribution is 2.28. The van der Waals surface area contributed by atoms with Crippen molar-refractivity contribution in [2.24, 2.45) is 11.8 Å². The Labute approximate surface area is 152 Å². The summed E-state index contributed by atoms with van der Waals surface area (Å²) in [5.74, 6) is -1.67. The molecule has 0 saturated carbocycles. The molecule has 2 rings (SSSR count). The van der Waals surface area contributed by atoms with Crippen LogP contribution in [0.15, 0.2) is 29.2 Å². The van der Waals surface area contributed by atoms with Crippen molar-refractivity contribution in [2.75, 3.05) is 26.8 Å². The van der Waals surface area contributed by atoms with Gasteiger partial charge in [-0.15, -0.1) is 0 Å². The molecule has 1 aromatic rings. The van der Waals surface area contributed by atoms with Crippen molar-refractivity contribution in [1.29, 1.82) is 0 Å². The Hall–Kier alpha value is -2.13. The summed E-state index contributed by atoms with van der Waals surface area (Å²) in [6.07, 6.45) is 0.563. The minimum atomic E-state index is -3.78. The molecule has 0 radical (unpaired) electrons. The van der Waals surface area contributed by atoms with Gasteiger partial charge in [0, 0.05) is 13.1 Å². The van der Waals surface area contributed by atoms with E-state index in [1.807, 2.05) is 6.92 Å². The van der Waals surface area contributed by atoms with E-state index in [-0.39, 0.29) is 30.4 Å². The number of benzene rings is 1. The van der Waals surface area contributed by atoms with Gasteiger partial charge in [-0.05, 0) is 36.6 Å². The smallest absolute Gasteiger partial charge is 0.308 e. The third kappa shape index (κ3) is 4.95. The lowest BCUT2D eigenvalue weighted by Gasteiger charge is -2.33. The molecule has 8 nitrogen and oxygen atoms in total. The lowest BCUT2D eigenvalue weighted by atomic mass is 9.92. The van der Waals surface area contributed by atoms with Crippen molar-refractivity contribution >= 4 is 22.0 Å². The number of carboxylic acid groups (broad SMARTS) is 1. The van der Waals surface area contributed by atoms with Crippen LogP contribution >= 0.6 is 0 Å². The second-order valence-electron chi connectivity index (χ2n) is 6.34. The van der Waals surface area contributed by atoms with Crippen LogP contribution in [0.3, 0.4) is 0 Å². The molecular weight excluding hydrogens is 362 g/mol. The van der Waals surface area contributed by atoms with Crippen LogP contribution in [0.4, 0.5) is 0 Å².